The van der Waals surface area contributed by atoms with Gasteiger partial charge in [0.15, 0.2) is 0 Å². The third kappa shape index (κ3) is 6.13. The summed E-state index contributed by atoms with van der Waals surface area (Å²) in [6.45, 7) is 0. The molecule has 0 aromatic heterocycles. The van der Waals surface area contributed by atoms with E-state index >= 15 is 0 Å². The second kappa shape index (κ2) is 9.24. The van der Waals surface area contributed by atoms with Crippen molar-refractivity contribution in [2.24, 2.45) is 0 Å². The second-order valence-electron chi connectivity index (χ2n) is 3.90. The highest BCUT2D eigenvalue weighted by atomic mass is 35.5. The Morgan fingerprint density at radius 3 is 2.68 bits per heavy atom. The molecule has 2 nitrogen and oxygen atoms in total. The fourth-order valence-electron chi connectivity index (χ4n) is 1.45. The van der Waals surface area contributed by atoms with Crippen molar-refractivity contribution in [2.75, 3.05) is 13.0 Å². The summed E-state index contributed by atoms with van der Waals surface area (Å²) in [5, 5.41) is 0. The summed E-state index contributed by atoms with van der Waals surface area (Å²) < 4.78 is 4.65. The van der Waals surface area contributed by atoms with Crippen LogP contribution in [0.3, 0.4) is 0 Å². The van der Waals surface area contributed by atoms with Crippen molar-refractivity contribution in [3.8, 4) is 11.8 Å². The van der Waals surface area contributed by atoms with E-state index in [0.717, 1.165) is 24.8 Å². The fourth-order valence-corrected chi connectivity index (χ4v) is 1.64. The molecule has 0 unspecified atom stereocenters. The molecule has 0 aliphatic carbocycles. The lowest BCUT2D eigenvalue weighted by atomic mass is 10.1. The molecule has 0 atom stereocenters. The predicted molar refractivity (Wildman–Crippen MR) is 78.8 cm³/mol. The van der Waals surface area contributed by atoms with Crippen LogP contribution in [0.15, 0.2) is 36.4 Å². The number of rotatable bonds is 5. The molecule has 0 aliphatic heterocycles. The van der Waals surface area contributed by atoms with Crippen LogP contribution in [-0.2, 0) is 9.53 Å². The van der Waals surface area contributed by atoms with Crippen molar-refractivity contribution in [1.82, 2.24) is 0 Å². The van der Waals surface area contributed by atoms with E-state index in [1.54, 1.807) is 0 Å². The molecule has 0 spiro atoms. The Morgan fingerprint density at radius 1 is 1.32 bits per heavy atom. The number of hydrogen-bond donors (Lipinski definition) is 0. The molecule has 1 rings (SSSR count). The third-order valence-electron chi connectivity index (χ3n) is 2.46. The molecule has 3 heteroatoms. The lowest BCUT2D eigenvalue weighted by Gasteiger charge is -1.99. The highest BCUT2D eigenvalue weighted by Gasteiger charge is 2.01. The van der Waals surface area contributed by atoms with Crippen LogP contribution in [0.1, 0.15) is 24.8 Å². The summed E-state index contributed by atoms with van der Waals surface area (Å²) in [5.74, 6) is 6.35. The normalized spacial score (nSPS) is 10.5. The van der Waals surface area contributed by atoms with Gasteiger partial charge in [0.05, 0.1) is 7.11 Å². The smallest absolute Gasteiger partial charge is 0.331 e. The van der Waals surface area contributed by atoms with Gasteiger partial charge in [-0.25, -0.2) is 4.79 Å². The van der Waals surface area contributed by atoms with Crippen LogP contribution in [0.2, 0.25) is 0 Å². The fraction of sp³-hybridized carbons (Fsp3) is 0.312. The molecule has 0 bridgehead atoms. The molecule has 0 aliphatic rings. The number of alkyl halides is 1. The van der Waals surface area contributed by atoms with E-state index in [1.807, 2.05) is 30.3 Å². The van der Waals surface area contributed by atoms with Crippen molar-refractivity contribution >= 4 is 23.1 Å². The number of methoxy groups -OCH3 is 1. The Morgan fingerprint density at radius 2 is 2.05 bits per heavy atom. The summed E-state index contributed by atoms with van der Waals surface area (Å²) in [5.41, 5.74) is 1.59. The topological polar surface area (TPSA) is 26.3 Å². The van der Waals surface area contributed by atoms with E-state index in [4.69, 9.17) is 11.6 Å². The quantitative estimate of drug-likeness (QED) is 0.270. The third-order valence-corrected chi connectivity index (χ3v) is 2.72. The van der Waals surface area contributed by atoms with E-state index in [2.05, 4.69) is 16.6 Å². The first-order valence-corrected chi connectivity index (χ1v) is 6.71. The summed E-state index contributed by atoms with van der Waals surface area (Å²) in [6.07, 6.45) is 4.12. The van der Waals surface area contributed by atoms with Gasteiger partial charge in [-0.1, -0.05) is 42.2 Å². The minimum absolute atomic E-state index is 0.395. The van der Waals surface area contributed by atoms with Crippen LogP contribution in [0, 0.1) is 11.8 Å². The first kappa shape index (κ1) is 15.3. The van der Waals surface area contributed by atoms with Gasteiger partial charge in [-0.2, -0.15) is 0 Å². The number of esters is 1. The SMILES string of the molecule is COC(=O)/C=C(/C#CCCCCCl)c1ccccc1. The predicted octanol–water partition coefficient (Wildman–Crippen LogP) is 3.66. The number of allylic oxidation sites excluding steroid dienone is 1. The van der Waals surface area contributed by atoms with Crippen LogP contribution in [0.25, 0.3) is 5.57 Å². The number of halogens is 1. The molecule has 1 aromatic carbocycles. The lowest BCUT2D eigenvalue weighted by Crippen LogP contribution is -1.96. The van der Waals surface area contributed by atoms with E-state index in [9.17, 15) is 4.79 Å². The van der Waals surface area contributed by atoms with Crippen molar-refractivity contribution in [3.05, 3.63) is 42.0 Å². The van der Waals surface area contributed by atoms with Gasteiger partial charge in [-0.3, -0.25) is 0 Å². The van der Waals surface area contributed by atoms with Crippen LogP contribution >= 0.6 is 11.6 Å². The Balaban J connectivity index is 2.82. The molecule has 1 aromatic rings. The highest BCUT2D eigenvalue weighted by molar-refractivity contribution is 6.17. The lowest BCUT2D eigenvalue weighted by molar-refractivity contribution is -0.134. The maximum Gasteiger partial charge on any atom is 0.331 e. The Labute approximate surface area is 119 Å². The molecule has 0 radical (unpaired) electrons. The maximum atomic E-state index is 11.3. The highest BCUT2D eigenvalue weighted by Crippen LogP contribution is 2.13. The number of hydrogen-bond acceptors (Lipinski definition) is 2. The summed E-state index contributed by atoms with van der Waals surface area (Å²) in [7, 11) is 1.36. The number of benzene rings is 1. The first-order chi connectivity index (χ1) is 9.27. The molecule has 19 heavy (non-hydrogen) atoms. The molecule has 0 N–H and O–H groups in total. The number of carbonyl (C=O) groups is 1. The van der Waals surface area contributed by atoms with Gasteiger partial charge in [-0.05, 0) is 18.4 Å². The Kier molecular flexibility index (Phi) is 7.46. The number of unbranched alkanes of at least 4 members (excludes halogenated alkanes) is 2. The largest absolute Gasteiger partial charge is 0.466 e. The summed E-state index contributed by atoms with van der Waals surface area (Å²) in [4.78, 5) is 11.3. The van der Waals surface area contributed by atoms with Crippen LogP contribution < -0.4 is 0 Å². The minimum Gasteiger partial charge on any atom is -0.466 e. The average molecular weight is 277 g/mol. The zero-order valence-corrected chi connectivity index (χ0v) is 11.7. The maximum absolute atomic E-state index is 11.3. The van der Waals surface area contributed by atoms with Gasteiger partial charge in [0.1, 0.15) is 0 Å². The van der Waals surface area contributed by atoms with Crippen LogP contribution in [0.5, 0.6) is 0 Å². The van der Waals surface area contributed by atoms with Crippen LogP contribution in [-0.4, -0.2) is 19.0 Å². The molecule has 0 heterocycles. The van der Waals surface area contributed by atoms with Crippen molar-refractivity contribution in [2.45, 2.75) is 19.3 Å². The minimum atomic E-state index is -0.395. The van der Waals surface area contributed by atoms with E-state index in [-0.39, 0.29) is 0 Å². The number of ether oxygens (including phenoxy) is 1. The van der Waals surface area contributed by atoms with Gasteiger partial charge in [0.25, 0.3) is 0 Å². The van der Waals surface area contributed by atoms with Gasteiger partial charge in [0, 0.05) is 23.9 Å². The van der Waals surface area contributed by atoms with Crippen molar-refractivity contribution in [3.63, 3.8) is 0 Å². The monoisotopic (exact) mass is 276 g/mol. The van der Waals surface area contributed by atoms with E-state index in [0.29, 0.717) is 11.5 Å². The summed E-state index contributed by atoms with van der Waals surface area (Å²) in [6, 6.07) is 9.59. The van der Waals surface area contributed by atoms with Crippen LogP contribution in [0.4, 0.5) is 0 Å². The standard InChI is InChI=1S/C16H17ClO2/c1-19-16(18)13-15(11-5-2-3-8-12-17)14-9-6-4-7-10-14/h4,6-7,9-10,13H,2-3,8,12H2,1H3/b15-13-. The summed E-state index contributed by atoms with van der Waals surface area (Å²) >= 11 is 5.61. The molecule has 100 valence electrons. The second-order valence-corrected chi connectivity index (χ2v) is 4.27. The number of carbonyl (C=O) groups excluding carboxylic acids is 1. The van der Waals surface area contributed by atoms with E-state index in [1.165, 1.54) is 13.2 Å². The zero-order valence-electron chi connectivity index (χ0n) is 11.0. The van der Waals surface area contributed by atoms with Crippen molar-refractivity contribution < 1.29 is 9.53 Å². The molecule has 0 fully saturated rings. The first-order valence-electron chi connectivity index (χ1n) is 6.18. The molecular weight excluding hydrogens is 260 g/mol. The zero-order chi connectivity index (χ0) is 13.9. The van der Waals surface area contributed by atoms with Gasteiger partial charge in [-0.15, -0.1) is 11.6 Å². The average Bonchev–Trinajstić information content (AvgIpc) is 2.46. The van der Waals surface area contributed by atoms with Gasteiger partial charge in [0.2, 0.25) is 0 Å². The Bertz CT molecular complexity index is 480. The molecule has 0 amide bonds. The molecule has 0 saturated carbocycles. The molecule has 0 saturated heterocycles. The van der Waals surface area contributed by atoms with E-state index < -0.39 is 5.97 Å². The molecular formula is C16H17ClO2. The van der Waals surface area contributed by atoms with Gasteiger partial charge < -0.3 is 4.74 Å². The van der Waals surface area contributed by atoms with Gasteiger partial charge >= 0.3 is 5.97 Å². The van der Waals surface area contributed by atoms with Crippen molar-refractivity contribution in [1.29, 1.82) is 0 Å². The Hall–Kier alpha value is -1.72.